The number of pyridine rings is 1. The number of anilines is 3. The number of hydrogen-bond donors (Lipinski definition) is 2. The molecule has 0 radical (unpaired) electrons. The SMILES string of the molecule is COCCOc1cc(Nc2cc(C)[nH]n2)nc(N2CCC2c2cc(-c3ccccn3)no2)n1. The summed E-state index contributed by atoms with van der Waals surface area (Å²) >= 11 is 0. The van der Waals surface area contributed by atoms with Crippen LogP contribution in [-0.4, -0.2) is 57.2 Å². The van der Waals surface area contributed by atoms with E-state index in [0.717, 1.165) is 30.1 Å². The van der Waals surface area contributed by atoms with Crippen LogP contribution in [0.2, 0.25) is 0 Å². The standard InChI is InChI=1S/C22H24N8O3/c1-14-11-20(28-27-14)24-19-13-21(32-10-9-31-2)26-22(25-19)30-8-6-17(30)18-12-16(29-33-18)15-5-3-4-7-23-15/h3-5,7,11-13,17H,6,8-10H2,1-2H3,(H2,24,25,26,27,28). The van der Waals surface area contributed by atoms with Gasteiger partial charge in [-0.2, -0.15) is 15.1 Å². The van der Waals surface area contributed by atoms with Gasteiger partial charge in [-0.3, -0.25) is 10.1 Å². The molecule has 11 heteroatoms. The van der Waals surface area contributed by atoms with Crippen molar-refractivity contribution in [3.8, 4) is 17.3 Å². The van der Waals surface area contributed by atoms with Crippen LogP contribution in [0.4, 0.5) is 17.6 Å². The monoisotopic (exact) mass is 448 g/mol. The first-order chi connectivity index (χ1) is 16.2. The van der Waals surface area contributed by atoms with E-state index in [1.54, 1.807) is 19.4 Å². The second kappa shape index (κ2) is 9.25. The average Bonchev–Trinajstić information content (AvgIpc) is 3.43. The van der Waals surface area contributed by atoms with E-state index in [1.807, 2.05) is 37.3 Å². The highest BCUT2D eigenvalue weighted by Crippen LogP contribution is 2.38. The van der Waals surface area contributed by atoms with Gasteiger partial charge in [0.2, 0.25) is 11.8 Å². The van der Waals surface area contributed by atoms with Crippen LogP contribution in [0.1, 0.15) is 23.9 Å². The van der Waals surface area contributed by atoms with E-state index in [4.69, 9.17) is 19.0 Å². The molecule has 1 aliphatic heterocycles. The molecule has 0 saturated carbocycles. The van der Waals surface area contributed by atoms with Crippen molar-refractivity contribution in [2.45, 2.75) is 19.4 Å². The molecule has 1 aliphatic rings. The van der Waals surface area contributed by atoms with Crippen LogP contribution in [0.25, 0.3) is 11.4 Å². The Kier molecular flexibility index (Phi) is 5.85. The van der Waals surface area contributed by atoms with E-state index < -0.39 is 0 Å². The molecular weight excluding hydrogens is 424 g/mol. The molecule has 5 heterocycles. The van der Waals surface area contributed by atoms with Gasteiger partial charge in [0.1, 0.15) is 18.1 Å². The number of methoxy groups -OCH3 is 1. The lowest BCUT2D eigenvalue weighted by atomic mass is 10.0. The molecule has 11 nitrogen and oxygen atoms in total. The van der Waals surface area contributed by atoms with E-state index in [9.17, 15) is 0 Å². The number of H-pyrrole nitrogens is 1. The fourth-order valence-corrected chi connectivity index (χ4v) is 3.53. The Labute approximate surface area is 190 Å². The number of ether oxygens (including phenoxy) is 2. The van der Waals surface area contributed by atoms with Crippen molar-refractivity contribution in [3.63, 3.8) is 0 Å². The molecule has 0 aromatic carbocycles. The predicted octanol–water partition coefficient (Wildman–Crippen LogP) is 3.28. The molecule has 170 valence electrons. The van der Waals surface area contributed by atoms with Crippen LogP contribution in [0.5, 0.6) is 5.88 Å². The number of rotatable bonds is 9. The lowest BCUT2D eigenvalue weighted by Gasteiger charge is -2.39. The predicted molar refractivity (Wildman–Crippen MR) is 120 cm³/mol. The van der Waals surface area contributed by atoms with Crippen molar-refractivity contribution < 1.29 is 14.0 Å². The summed E-state index contributed by atoms with van der Waals surface area (Å²) in [6.07, 6.45) is 2.63. The van der Waals surface area contributed by atoms with Gasteiger partial charge in [-0.05, 0) is 25.5 Å². The summed E-state index contributed by atoms with van der Waals surface area (Å²) in [4.78, 5) is 15.7. The molecule has 33 heavy (non-hydrogen) atoms. The third kappa shape index (κ3) is 4.62. The maximum atomic E-state index is 5.78. The Hall–Kier alpha value is -3.99. The fraction of sp³-hybridized carbons (Fsp3) is 0.318. The van der Waals surface area contributed by atoms with Gasteiger partial charge in [-0.15, -0.1) is 0 Å². The lowest BCUT2D eigenvalue weighted by Crippen LogP contribution is -2.42. The van der Waals surface area contributed by atoms with Crippen LogP contribution < -0.4 is 15.0 Å². The van der Waals surface area contributed by atoms with Crippen molar-refractivity contribution in [2.75, 3.05) is 37.1 Å². The molecule has 0 amide bonds. The Bertz CT molecular complexity index is 1210. The van der Waals surface area contributed by atoms with Gasteiger partial charge in [0.05, 0.1) is 18.3 Å². The van der Waals surface area contributed by atoms with E-state index in [1.165, 1.54) is 0 Å². The second-order valence-corrected chi connectivity index (χ2v) is 7.62. The summed E-state index contributed by atoms with van der Waals surface area (Å²) in [5.74, 6) is 2.97. The molecule has 5 rings (SSSR count). The minimum atomic E-state index is -0.0235. The van der Waals surface area contributed by atoms with E-state index in [2.05, 4.69) is 35.5 Å². The van der Waals surface area contributed by atoms with Crippen molar-refractivity contribution in [2.24, 2.45) is 0 Å². The van der Waals surface area contributed by atoms with Gasteiger partial charge in [0.25, 0.3) is 0 Å². The van der Waals surface area contributed by atoms with Crippen LogP contribution in [0.3, 0.4) is 0 Å². The van der Waals surface area contributed by atoms with E-state index in [-0.39, 0.29) is 6.04 Å². The molecule has 1 fully saturated rings. The molecule has 1 atom stereocenters. The highest BCUT2D eigenvalue weighted by atomic mass is 16.5. The number of nitrogens with zero attached hydrogens (tertiary/aromatic N) is 6. The first kappa shape index (κ1) is 20.9. The first-order valence-electron chi connectivity index (χ1n) is 10.6. The average molecular weight is 448 g/mol. The summed E-state index contributed by atoms with van der Waals surface area (Å²) in [5.41, 5.74) is 2.41. The maximum absolute atomic E-state index is 5.78. The molecule has 4 aromatic heterocycles. The number of aryl methyl sites for hydroxylation is 1. The van der Waals surface area contributed by atoms with Crippen molar-refractivity contribution in [3.05, 3.63) is 54.0 Å². The number of nitrogens with one attached hydrogen (secondary N) is 2. The van der Waals surface area contributed by atoms with Gasteiger partial charge < -0.3 is 24.2 Å². The normalized spacial score (nSPS) is 15.3. The van der Waals surface area contributed by atoms with Crippen molar-refractivity contribution in [1.82, 2.24) is 30.3 Å². The molecule has 4 aromatic rings. The lowest BCUT2D eigenvalue weighted by molar-refractivity contribution is 0.143. The van der Waals surface area contributed by atoms with Crippen LogP contribution in [-0.2, 0) is 4.74 Å². The number of aromatic nitrogens is 6. The molecular formula is C22H24N8O3. The summed E-state index contributed by atoms with van der Waals surface area (Å²) in [5, 5.41) is 14.5. The topological polar surface area (TPSA) is 127 Å². The van der Waals surface area contributed by atoms with E-state index >= 15 is 0 Å². The van der Waals surface area contributed by atoms with Gasteiger partial charge in [-0.25, -0.2) is 0 Å². The van der Waals surface area contributed by atoms with Crippen LogP contribution in [0, 0.1) is 6.92 Å². The highest BCUT2D eigenvalue weighted by Gasteiger charge is 2.35. The molecule has 1 saturated heterocycles. The minimum Gasteiger partial charge on any atom is -0.475 e. The van der Waals surface area contributed by atoms with Gasteiger partial charge >= 0.3 is 0 Å². The zero-order valence-electron chi connectivity index (χ0n) is 18.4. The maximum Gasteiger partial charge on any atom is 0.231 e. The quantitative estimate of drug-likeness (QED) is 0.368. The Morgan fingerprint density at radius 2 is 2.09 bits per heavy atom. The van der Waals surface area contributed by atoms with Gasteiger partial charge in [-0.1, -0.05) is 11.2 Å². The minimum absolute atomic E-state index is 0.0235. The Morgan fingerprint density at radius 3 is 2.82 bits per heavy atom. The van der Waals surface area contributed by atoms with Crippen LogP contribution in [0.15, 0.2) is 47.1 Å². The van der Waals surface area contributed by atoms with E-state index in [0.29, 0.717) is 42.4 Å². The summed E-state index contributed by atoms with van der Waals surface area (Å²) in [6, 6.07) is 11.2. The molecule has 0 bridgehead atoms. The molecule has 0 aliphatic carbocycles. The third-order valence-corrected chi connectivity index (χ3v) is 5.25. The number of aromatic amines is 1. The van der Waals surface area contributed by atoms with Crippen LogP contribution >= 0.6 is 0 Å². The largest absolute Gasteiger partial charge is 0.475 e. The molecule has 2 N–H and O–H groups in total. The summed E-state index contributed by atoms with van der Waals surface area (Å²) in [6.45, 7) is 3.56. The summed E-state index contributed by atoms with van der Waals surface area (Å²) < 4.78 is 16.5. The molecule has 1 unspecified atom stereocenters. The van der Waals surface area contributed by atoms with Crippen molar-refractivity contribution >= 4 is 17.6 Å². The first-order valence-corrected chi connectivity index (χ1v) is 10.6. The fourth-order valence-electron chi connectivity index (χ4n) is 3.53. The van der Waals surface area contributed by atoms with Gasteiger partial charge in [0, 0.05) is 43.7 Å². The zero-order chi connectivity index (χ0) is 22.6. The highest BCUT2D eigenvalue weighted by molar-refractivity contribution is 5.57. The third-order valence-electron chi connectivity index (χ3n) is 5.25. The zero-order valence-corrected chi connectivity index (χ0v) is 18.4. The summed E-state index contributed by atoms with van der Waals surface area (Å²) in [7, 11) is 1.63. The second-order valence-electron chi connectivity index (χ2n) is 7.62. The Balaban J connectivity index is 1.39. The van der Waals surface area contributed by atoms with Gasteiger partial charge in [0.15, 0.2) is 11.6 Å². The number of hydrogen-bond acceptors (Lipinski definition) is 10. The smallest absolute Gasteiger partial charge is 0.231 e. The van der Waals surface area contributed by atoms with Crippen molar-refractivity contribution in [1.29, 1.82) is 0 Å². The molecule has 0 spiro atoms. The Morgan fingerprint density at radius 1 is 1.15 bits per heavy atom.